The van der Waals surface area contributed by atoms with Gasteiger partial charge in [0.25, 0.3) is 0 Å². The van der Waals surface area contributed by atoms with Crippen molar-refractivity contribution < 1.29 is 14.6 Å². The van der Waals surface area contributed by atoms with E-state index in [1.807, 2.05) is 0 Å². The summed E-state index contributed by atoms with van der Waals surface area (Å²) < 4.78 is 5.38. The second-order valence-electron chi connectivity index (χ2n) is 6.48. The molecule has 0 spiro atoms. The van der Waals surface area contributed by atoms with Crippen molar-refractivity contribution in [3.8, 4) is 0 Å². The largest absolute Gasteiger partial charge is 0.506 e. The molecule has 0 aliphatic heterocycles. The van der Waals surface area contributed by atoms with Crippen molar-refractivity contribution in [2.45, 2.75) is 26.4 Å². The standard InChI is InChI=1S/C20H19Cl2NO3/c1-20(2,3)26-19(25)16(12-23-14-10-8-13(21)9-11-14)18(24)15-6-4-5-7-17(15)22/h4-12,24H,1-3H3/b18-16-,23-12?. The molecule has 0 bridgehead atoms. The van der Waals surface area contributed by atoms with Gasteiger partial charge < -0.3 is 9.84 Å². The van der Waals surface area contributed by atoms with Crippen LogP contribution < -0.4 is 0 Å². The fourth-order valence-electron chi connectivity index (χ4n) is 2.01. The van der Waals surface area contributed by atoms with E-state index in [0.717, 1.165) is 0 Å². The van der Waals surface area contributed by atoms with E-state index < -0.39 is 11.6 Å². The number of aliphatic hydroxyl groups excluding tert-OH is 1. The van der Waals surface area contributed by atoms with Crippen LogP contribution in [-0.4, -0.2) is 22.9 Å². The van der Waals surface area contributed by atoms with Crippen molar-refractivity contribution >= 4 is 46.8 Å². The smallest absolute Gasteiger partial charge is 0.344 e. The monoisotopic (exact) mass is 391 g/mol. The molecule has 26 heavy (non-hydrogen) atoms. The van der Waals surface area contributed by atoms with Crippen LogP contribution in [0.25, 0.3) is 5.76 Å². The molecule has 0 atom stereocenters. The van der Waals surface area contributed by atoms with Crippen LogP contribution in [0.2, 0.25) is 10.0 Å². The van der Waals surface area contributed by atoms with Gasteiger partial charge in [0.15, 0.2) is 0 Å². The normalized spacial score (nSPS) is 12.8. The van der Waals surface area contributed by atoms with Gasteiger partial charge in [-0.3, -0.25) is 4.99 Å². The summed E-state index contributed by atoms with van der Waals surface area (Å²) >= 11 is 12.0. The molecule has 0 amide bonds. The van der Waals surface area contributed by atoms with Crippen LogP contribution >= 0.6 is 23.2 Å². The Labute approximate surface area is 162 Å². The number of ether oxygens (including phenoxy) is 1. The van der Waals surface area contributed by atoms with Gasteiger partial charge in [-0.05, 0) is 57.2 Å². The molecule has 136 valence electrons. The highest BCUT2D eigenvalue weighted by Crippen LogP contribution is 2.26. The lowest BCUT2D eigenvalue weighted by Gasteiger charge is -2.20. The summed E-state index contributed by atoms with van der Waals surface area (Å²) in [5, 5.41) is 11.5. The summed E-state index contributed by atoms with van der Waals surface area (Å²) in [6, 6.07) is 13.4. The topological polar surface area (TPSA) is 58.9 Å². The number of halogens is 2. The van der Waals surface area contributed by atoms with E-state index in [9.17, 15) is 9.90 Å². The third-order valence-corrected chi connectivity index (χ3v) is 3.75. The predicted octanol–water partition coefficient (Wildman–Crippen LogP) is 6.01. The maximum atomic E-state index is 12.6. The molecule has 2 aromatic carbocycles. The summed E-state index contributed by atoms with van der Waals surface area (Å²) in [4.78, 5) is 16.8. The fraction of sp³-hybridized carbons (Fsp3) is 0.200. The Morgan fingerprint density at radius 1 is 1.08 bits per heavy atom. The Kier molecular flexibility index (Phi) is 6.46. The highest BCUT2D eigenvalue weighted by Gasteiger charge is 2.23. The van der Waals surface area contributed by atoms with Gasteiger partial charge >= 0.3 is 5.97 Å². The minimum absolute atomic E-state index is 0.0945. The molecule has 2 aromatic rings. The first-order chi connectivity index (χ1) is 12.2. The van der Waals surface area contributed by atoms with Crippen LogP contribution in [0, 0.1) is 0 Å². The number of hydrogen-bond donors (Lipinski definition) is 1. The molecule has 6 heteroatoms. The SMILES string of the molecule is CC(C)(C)OC(=O)/C(C=Nc1ccc(Cl)cc1)=C(\O)c1ccccc1Cl. The Bertz CT molecular complexity index is 850. The van der Waals surface area contributed by atoms with Gasteiger partial charge in [-0.25, -0.2) is 4.79 Å². The molecule has 0 fully saturated rings. The minimum atomic E-state index is -0.725. The molecule has 1 N–H and O–H groups in total. The summed E-state index contributed by atoms with van der Waals surface area (Å²) in [5.74, 6) is -1.00. The van der Waals surface area contributed by atoms with Crippen molar-refractivity contribution in [2.24, 2.45) is 4.99 Å². The number of aliphatic imine (C=N–C) groups is 1. The van der Waals surface area contributed by atoms with Crippen LogP contribution in [-0.2, 0) is 9.53 Å². The first kappa shape index (κ1) is 20.0. The summed E-state index contributed by atoms with van der Waals surface area (Å²) in [5.41, 5.74) is 0.0694. The highest BCUT2D eigenvalue weighted by atomic mass is 35.5. The number of nitrogens with zero attached hydrogens (tertiary/aromatic N) is 1. The van der Waals surface area contributed by atoms with E-state index in [4.69, 9.17) is 27.9 Å². The Hall–Kier alpha value is -2.30. The van der Waals surface area contributed by atoms with Crippen molar-refractivity contribution in [3.05, 3.63) is 69.7 Å². The fourth-order valence-corrected chi connectivity index (χ4v) is 2.36. The van der Waals surface area contributed by atoms with Crippen LogP contribution in [0.5, 0.6) is 0 Å². The first-order valence-electron chi connectivity index (χ1n) is 7.88. The van der Waals surface area contributed by atoms with Crippen molar-refractivity contribution in [2.75, 3.05) is 0 Å². The number of benzene rings is 2. The van der Waals surface area contributed by atoms with Crippen molar-refractivity contribution in [3.63, 3.8) is 0 Å². The molecule has 0 heterocycles. The molecule has 4 nitrogen and oxygen atoms in total. The van der Waals surface area contributed by atoms with Crippen molar-refractivity contribution in [1.29, 1.82) is 0 Å². The average Bonchev–Trinajstić information content (AvgIpc) is 2.55. The number of carbonyl (C=O) groups excluding carboxylic acids is 1. The van der Waals surface area contributed by atoms with E-state index in [1.165, 1.54) is 6.21 Å². The third kappa shape index (κ3) is 5.61. The molecule has 0 aliphatic rings. The predicted molar refractivity (Wildman–Crippen MR) is 106 cm³/mol. The molecule has 0 aromatic heterocycles. The first-order valence-corrected chi connectivity index (χ1v) is 8.64. The maximum Gasteiger partial charge on any atom is 0.344 e. The summed E-state index contributed by atoms with van der Waals surface area (Å²) in [6.07, 6.45) is 1.26. The van der Waals surface area contributed by atoms with E-state index in [1.54, 1.807) is 69.3 Å². The van der Waals surface area contributed by atoms with E-state index in [2.05, 4.69) is 4.99 Å². The average molecular weight is 392 g/mol. The Balaban J connectivity index is 2.48. The van der Waals surface area contributed by atoms with Gasteiger partial charge in [0, 0.05) is 16.8 Å². The van der Waals surface area contributed by atoms with Gasteiger partial charge in [0.05, 0.1) is 10.7 Å². The third-order valence-electron chi connectivity index (χ3n) is 3.17. The molecule has 0 saturated heterocycles. The lowest BCUT2D eigenvalue weighted by Crippen LogP contribution is -2.25. The Morgan fingerprint density at radius 2 is 1.69 bits per heavy atom. The molecule has 0 saturated carbocycles. The zero-order chi connectivity index (χ0) is 19.3. The van der Waals surface area contributed by atoms with Gasteiger partial charge in [-0.15, -0.1) is 0 Å². The lowest BCUT2D eigenvalue weighted by molar-refractivity contribution is -0.149. The van der Waals surface area contributed by atoms with Crippen molar-refractivity contribution in [1.82, 2.24) is 0 Å². The molecule has 0 unspecified atom stereocenters. The molecular weight excluding hydrogens is 373 g/mol. The molecule has 0 radical (unpaired) electrons. The molecule has 2 rings (SSSR count). The van der Waals surface area contributed by atoms with E-state index in [0.29, 0.717) is 21.3 Å². The van der Waals surface area contributed by atoms with E-state index in [-0.39, 0.29) is 11.3 Å². The van der Waals surface area contributed by atoms with Gasteiger partial charge in [0.1, 0.15) is 16.9 Å². The van der Waals surface area contributed by atoms with E-state index >= 15 is 0 Å². The van der Waals surface area contributed by atoms with Gasteiger partial charge in [0.2, 0.25) is 0 Å². The number of carbonyl (C=O) groups is 1. The van der Waals surface area contributed by atoms with Crippen LogP contribution in [0.3, 0.4) is 0 Å². The molecule has 0 aliphatic carbocycles. The van der Waals surface area contributed by atoms with Gasteiger partial charge in [-0.2, -0.15) is 0 Å². The number of aliphatic hydroxyl groups is 1. The van der Waals surface area contributed by atoms with Crippen LogP contribution in [0.1, 0.15) is 26.3 Å². The minimum Gasteiger partial charge on any atom is -0.506 e. The second kappa shape index (κ2) is 8.39. The van der Waals surface area contributed by atoms with Crippen LogP contribution in [0.15, 0.2) is 59.1 Å². The zero-order valence-corrected chi connectivity index (χ0v) is 16.2. The summed E-state index contributed by atoms with van der Waals surface area (Å²) in [7, 11) is 0. The quantitative estimate of drug-likeness (QED) is 0.300. The van der Waals surface area contributed by atoms with Crippen LogP contribution in [0.4, 0.5) is 5.69 Å². The molecular formula is C20H19Cl2NO3. The number of rotatable bonds is 4. The highest BCUT2D eigenvalue weighted by molar-refractivity contribution is 6.32. The number of esters is 1. The lowest BCUT2D eigenvalue weighted by atomic mass is 10.1. The Morgan fingerprint density at radius 3 is 2.27 bits per heavy atom. The maximum absolute atomic E-state index is 12.6. The second-order valence-corrected chi connectivity index (χ2v) is 7.32. The summed E-state index contributed by atoms with van der Waals surface area (Å²) in [6.45, 7) is 5.22. The van der Waals surface area contributed by atoms with Gasteiger partial charge in [-0.1, -0.05) is 35.3 Å². The number of hydrogen-bond acceptors (Lipinski definition) is 4. The zero-order valence-electron chi connectivity index (χ0n) is 14.7.